The van der Waals surface area contributed by atoms with Gasteiger partial charge in [0.25, 0.3) is 0 Å². The van der Waals surface area contributed by atoms with Gasteiger partial charge in [-0.15, -0.1) is 0 Å². The maximum Gasteiger partial charge on any atom is 0.417 e. The Labute approximate surface area is 231 Å². The molecule has 2 aromatic carbocycles. The zero-order chi connectivity index (χ0) is 30.0. The number of nitrogens with zero attached hydrogens (tertiary/aromatic N) is 1. The molecule has 1 saturated heterocycles. The number of rotatable bonds is 7. The average molecular weight is 587 g/mol. The third-order valence-corrected chi connectivity index (χ3v) is 6.69. The first-order valence-electron chi connectivity index (χ1n) is 12.6. The van der Waals surface area contributed by atoms with Gasteiger partial charge in [0.2, 0.25) is 0 Å². The molecule has 0 radical (unpaired) electrons. The van der Waals surface area contributed by atoms with Gasteiger partial charge in [-0.05, 0) is 37.6 Å². The van der Waals surface area contributed by atoms with Gasteiger partial charge in [0.1, 0.15) is 5.60 Å². The third kappa shape index (κ3) is 7.21. The minimum atomic E-state index is -4.98. The topological polar surface area (TPSA) is 82.0 Å². The van der Waals surface area contributed by atoms with Crippen molar-refractivity contribution >= 4 is 6.09 Å². The fourth-order valence-corrected chi connectivity index (χ4v) is 4.49. The highest BCUT2D eigenvalue weighted by molar-refractivity contribution is 5.74. The molecule has 1 aliphatic heterocycles. The molecule has 1 fully saturated rings. The van der Waals surface area contributed by atoms with Crippen LogP contribution < -0.4 is 10.1 Å². The fraction of sp³-hybridized carbons (Fsp3) is 0.393. The Kier molecular flexibility index (Phi) is 8.71. The van der Waals surface area contributed by atoms with Crippen molar-refractivity contribution < 1.29 is 50.5 Å². The van der Waals surface area contributed by atoms with Crippen molar-refractivity contribution in [3.63, 3.8) is 0 Å². The van der Waals surface area contributed by atoms with E-state index in [9.17, 15) is 36.2 Å². The van der Waals surface area contributed by atoms with Crippen LogP contribution in [0.4, 0.5) is 31.1 Å². The number of ether oxygens (including phenoxy) is 3. The maximum atomic E-state index is 14.0. The van der Waals surface area contributed by atoms with Gasteiger partial charge in [-0.1, -0.05) is 30.3 Å². The Balaban J connectivity index is 1.70. The Hall–Kier alpha value is -3.55. The molecule has 2 atom stereocenters. The summed E-state index contributed by atoms with van der Waals surface area (Å²) in [6.45, 7) is 3.24. The van der Waals surface area contributed by atoms with Crippen LogP contribution in [0.1, 0.15) is 29.3 Å². The Morgan fingerprint density at radius 2 is 1.73 bits per heavy atom. The highest BCUT2D eigenvalue weighted by Crippen LogP contribution is 2.43. The molecule has 1 aliphatic rings. The molecule has 4 rings (SSSR count). The van der Waals surface area contributed by atoms with Crippen LogP contribution >= 0.6 is 0 Å². The van der Waals surface area contributed by atoms with E-state index in [0.29, 0.717) is 30.4 Å². The van der Waals surface area contributed by atoms with Gasteiger partial charge in [-0.3, -0.25) is 0 Å². The van der Waals surface area contributed by atoms with Crippen LogP contribution in [0.5, 0.6) is 5.75 Å². The van der Waals surface area contributed by atoms with Gasteiger partial charge in [-0.25, -0.2) is 4.79 Å². The number of hydrogen-bond acceptors (Lipinski definition) is 5. The third-order valence-electron chi connectivity index (χ3n) is 6.69. The molecule has 222 valence electrons. The first-order chi connectivity index (χ1) is 19.2. The van der Waals surface area contributed by atoms with Crippen LogP contribution in [-0.2, 0) is 34.0 Å². The number of halogens is 6. The smallest absolute Gasteiger partial charge is 0.408 e. The van der Waals surface area contributed by atoms with E-state index < -0.39 is 46.8 Å². The quantitative estimate of drug-likeness (QED) is 0.337. The minimum Gasteiger partial charge on any atom is -0.408 e. The Bertz CT molecular complexity index is 1360. The Morgan fingerprint density at radius 1 is 1.02 bits per heavy atom. The lowest BCUT2D eigenvalue weighted by Crippen LogP contribution is -2.39. The number of nitrogens with one attached hydrogen (secondary N) is 1. The number of amides is 1. The standard InChI is InChI=1S/C28H28F6N2O5/c1-17-24(41-25(37)35-16-26(2,38)18-6-4-3-5-7-18)13-23(36(17)14-20-15-39-10-11-40-20)21-12-19(27(29,30)31)8-9-22(21)28(32,33)34/h3-9,12-13,20,38H,10-11,14-16H2,1-2H3,(H,35,37). The van der Waals surface area contributed by atoms with Crippen LogP contribution in [0.3, 0.4) is 0 Å². The summed E-state index contributed by atoms with van der Waals surface area (Å²) in [5.41, 5.74) is -4.34. The van der Waals surface area contributed by atoms with Crippen molar-refractivity contribution in [1.82, 2.24) is 9.88 Å². The predicted molar refractivity (Wildman–Crippen MR) is 135 cm³/mol. The van der Waals surface area contributed by atoms with E-state index in [1.54, 1.807) is 30.3 Å². The molecular weight excluding hydrogens is 558 g/mol. The molecule has 0 saturated carbocycles. The number of carbonyl (C=O) groups excluding carboxylic acids is 1. The normalized spacial score (nSPS) is 17.6. The largest absolute Gasteiger partial charge is 0.417 e. The molecular formula is C28H28F6N2O5. The summed E-state index contributed by atoms with van der Waals surface area (Å²) in [5, 5.41) is 13.2. The molecule has 41 heavy (non-hydrogen) atoms. The fourth-order valence-electron chi connectivity index (χ4n) is 4.49. The molecule has 13 heteroatoms. The van der Waals surface area contributed by atoms with E-state index >= 15 is 0 Å². The van der Waals surface area contributed by atoms with Crippen molar-refractivity contribution in [3.8, 4) is 17.0 Å². The van der Waals surface area contributed by atoms with Gasteiger partial charge in [0.15, 0.2) is 5.75 Å². The molecule has 2 unspecified atom stereocenters. The summed E-state index contributed by atoms with van der Waals surface area (Å²) in [7, 11) is 0. The first kappa shape index (κ1) is 30.4. The van der Waals surface area contributed by atoms with Gasteiger partial charge in [0.05, 0.1) is 61.5 Å². The zero-order valence-corrected chi connectivity index (χ0v) is 22.1. The summed E-state index contributed by atoms with van der Waals surface area (Å²) < 4.78 is 100. The van der Waals surface area contributed by atoms with E-state index in [1.165, 1.54) is 18.4 Å². The van der Waals surface area contributed by atoms with E-state index in [-0.39, 0.29) is 43.4 Å². The molecule has 1 amide bonds. The average Bonchev–Trinajstić information content (AvgIpc) is 3.21. The van der Waals surface area contributed by atoms with E-state index in [2.05, 4.69) is 5.32 Å². The summed E-state index contributed by atoms with van der Waals surface area (Å²) in [4.78, 5) is 12.7. The second kappa shape index (κ2) is 11.7. The molecule has 0 spiro atoms. The lowest BCUT2D eigenvalue weighted by molar-refractivity contribution is -0.141. The van der Waals surface area contributed by atoms with Crippen molar-refractivity contribution in [1.29, 1.82) is 0 Å². The van der Waals surface area contributed by atoms with Crippen LogP contribution in [0, 0.1) is 6.92 Å². The number of benzene rings is 2. The lowest BCUT2D eigenvalue weighted by Gasteiger charge is -2.25. The molecule has 1 aromatic heterocycles. The highest BCUT2D eigenvalue weighted by Gasteiger charge is 2.38. The SMILES string of the molecule is Cc1c(OC(=O)NCC(C)(O)c2ccccc2)cc(-c2cc(C(F)(F)F)ccc2C(F)(F)F)n1CC1COCCO1. The van der Waals surface area contributed by atoms with E-state index in [4.69, 9.17) is 14.2 Å². The summed E-state index contributed by atoms with van der Waals surface area (Å²) in [6, 6.07) is 10.7. The first-order valence-corrected chi connectivity index (χ1v) is 12.6. The van der Waals surface area contributed by atoms with Crippen molar-refractivity contribution in [2.75, 3.05) is 26.4 Å². The van der Waals surface area contributed by atoms with Gasteiger partial charge >= 0.3 is 18.4 Å². The summed E-state index contributed by atoms with van der Waals surface area (Å²) >= 11 is 0. The highest BCUT2D eigenvalue weighted by atomic mass is 19.4. The second-order valence-corrected chi connectivity index (χ2v) is 9.80. The van der Waals surface area contributed by atoms with Gasteiger partial charge < -0.3 is 29.2 Å². The van der Waals surface area contributed by atoms with Crippen molar-refractivity contribution in [2.24, 2.45) is 0 Å². The molecule has 2 N–H and O–H groups in total. The number of hydrogen-bond donors (Lipinski definition) is 2. The lowest BCUT2D eigenvalue weighted by atomic mass is 9.96. The number of carbonyl (C=O) groups is 1. The summed E-state index contributed by atoms with van der Waals surface area (Å²) in [5.74, 6) is -0.181. The van der Waals surface area contributed by atoms with Crippen LogP contribution in [0.25, 0.3) is 11.3 Å². The van der Waals surface area contributed by atoms with E-state index in [0.717, 1.165) is 6.07 Å². The van der Waals surface area contributed by atoms with E-state index in [1.807, 2.05) is 0 Å². The molecule has 2 heterocycles. The van der Waals surface area contributed by atoms with Crippen molar-refractivity contribution in [3.05, 3.63) is 77.0 Å². The molecule has 3 aromatic rings. The molecule has 0 aliphatic carbocycles. The minimum absolute atomic E-state index is 0.0809. The predicted octanol–water partition coefficient (Wildman–Crippen LogP) is 5.91. The Morgan fingerprint density at radius 3 is 2.34 bits per heavy atom. The van der Waals surface area contributed by atoms with Gasteiger partial charge in [-0.2, -0.15) is 26.3 Å². The maximum absolute atomic E-state index is 14.0. The van der Waals surface area contributed by atoms with Crippen LogP contribution in [0.15, 0.2) is 54.6 Å². The van der Waals surface area contributed by atoms with Gasteiger partial charge in [0, 0.05) is 11.6 Å². The molecule has 7 nitrogen and oxygen atoms in total. The molecule has 0 bridgehead atoms. The number of alkyl halides is 6. The van der Waals surface area contributed by atoms with Crippen LogP contribution in [-0.4, -0.2) is 48.2 Å². The monoisotopic (exact) mass is 586 g/mol. The van der Waals surface area contributed by atoms with Crippen LogP contribution in [0.2, 0.25) is 0 Å². The summed E-state index contributed by atoms with van der Waals surface area (Å²) in [6.07, 6.45) is -11.5. The zero-order valence-electron chi connectivity index (χ0n) is 22.1. The second-order valence-electron chi connectivity index (χ2n) is 9.80. The number of aliphatic hydroxyl groups is 1. The number of aromatic nitrogens is 1. The van der Waals surface area contributed by atoms with Crippen molar-refractivity contribution in [2.45, 2.75) is 44.4 Å².